The number of amides is 1. The van der Waals surface area contributed by atoms with Crippen molar-refractivity contribution in [3.05, 3.63) is 75.3 Å². The summed E-state index contributed by atoms with van der Waals surface area (Å²) in [7, 11) is 1.43. The molecule has 0 aliphatic carbocycles. The van der Waals surface area contributed by atoms with Crippen molar-refractivity contribution in [2.45, 2.75) is 50.9 Å². The van der Waals surface area contributed by atoms with Crippen LogP contribution in [0.5, 0.6) is 5.75 Å². The normalized spacial score (nSPS) is 25.9. The van der Waals surface area contributed by atoms with E-state index in [-0.39, 0.29) is 0 Å². The van der Waals surface area contributed by atoms with Gasteiger partial charge in [0.05, 0.1) is 11.3 Å². The van der Waals surface area contributed by atoms with Crippen molar-refractivity contribution in [2.24, 2.45) is 0 Å². The molecule has 0 saturated carbocycles. The fourth-order valence-electron chi connectivity index (χ4n) is 4.43. The third-order valence-electron chi connectivity index (χ3n) is 6.11. The van der Waals surface area contributed by atoms with Gasteiger partial charge < -0.3 is 19.9 Å². The zero-order chi connectivity index (χ0) is 23.1. The second-order valence-corrected chi connectivity index (χ2v) is 9.77. The number of allylic oxidation sites excluding steroid dienone is 2. The molecule has 32 heavy (non-hydrogen) atoms. The Bertz CT molecular complexity index is 1100. The molecule has 0 bridgehead atoms. The summed E-state index contributed by atoms with van der Waals surface area (Å²) in [5, 5.41) is 15.1. The maximum Gasteiger partial charge on any atom is 0.257 e. The van der Waals surface area contributed by atoms with Gasteiger partial charge in [-0.1, -0.05) is 45.8 Å². The first-order valence-corrected chi connectivity index (χ1v) is 11.5. The van der Waals surface area contributed by atoms with Crippen LogP contribution in [-0.2, 0) is 15.1 Å². The Balaban J connectivity index is 1.87. The molecule has 0 spiro atoms. The molecule has 2 heterocycles. The Morgan fingerprint density at radius 1 is 1.25 bits per heavy atom. The predicted molar refractivity (Wildman–Crippen MR) is 130 cm³/mol. The van der Waals surface area contributed by atoms with Gasteiger partial charge in [-0.25, -0.2) is 0 Å². The largest absolute Gasteiger partial charge is 0.482 e. The van der Waals surface area contributed by atoms with E-state index in [0.29, 0.717) is 22.6 Å². The number of benzene rings is 2. The summed E-state index contributed by atoms with van der Waals surface area (Å²) in [5.41, 5.74) is 1.45. The van der Waals surface area contributed by atoms with E-state index in [4.69, 9.17) is 9.47 Å². The number of hydrogen-bond donors (Lipinski definition) is 2. The van der Waals surface area contributed by atoms with Crippen LogP contribution >= 0.6 is 15.9 Å². The molecule has 0 saturated heterocycles. The van der Waals surface area contributed by atoms with E-state index >= 15 is 0 Å². The molecular formula is C26H28BrNO4. The topological polar surface area (TPSA) is 67.8 Å². The molecule has 2 aromatic carbocycles. The van der Waals surface area contributed by atoms with Crippen molar-refractivity contribution in [1.82, 2.24) is 0 Å². The second kappa shape index (κ2) is 8.50. The number of nitrogens with one attached hydrogen (secondary N) is 1. The molecular weight excluding hydrogens is 470 g/mol. The first-order chi connectivity index (χ1) is 15.2. The van der Waals surface area contributed by atoms with E-state index in [2.05, 4.69) is 47.2 Å². The Hall–Kier alpha value is -2.41. The number of methoxy groups -OCH3 is 1. The summed E-state index contributed by atoms with van der Waals surface area (Å²) in [5.74, 6) is 0.167. The van der Waals surface area contributed by atoms with Crippen molar-refractivity contribution in [3.8, 4) is 5.75 Å². The van der Waals surface area contributed by atoms with Gasteiger partial charge in [-0.3, -0.25) is 4.79 Å². The highest BCUT2D eigenvalue weighted by molar-refractivity contribution is 9.10. The molecule has 0 aromatic heterocycles. The summed E-state index contributed by atoms with van der Waals surface area (Å²) >= 11 is 3.44. The van der Waals surface area contributed by atoms with Gasteiger partial charge in [-0.15, -0.1) is 0 Å². The maximum absolute atomic E-state index is 12.9. The minimum Gasteiger partial charge on any atom is -0.482 e. The summed E-state index contributed by atoms with van der Waals surface area (Å²) < 4.78 is 13.0. The number of fused-ring (bicyclic) bond motifs is 3. The lowest BCUT2D eigenvalue weighted by Crippen LogP contribution is -2.53. The molecule has 0 fully saturated rings. The average molecular weight is 498 g/mol. The Morgan fingerprint density at radius 2 is 1.97 bits per heavy atom. The first kappa shape index (κ1) is 22.8. The first-order valence-electron chi connectivity index (χ1n) is 10.7. The molecule has 2 aromatic rings. The number of anilines is 1. The van der Waals surface area contributed by atoms with Crippen molar-refractivity contribution in [3.63, 3.8) is 0 Å². The monoisotopic (exact) mass is 497 g/mol. The Labute approximate surface area is 197 Å². The molecule has 168 valence electrons. The fourth-order valence-corrected chi connectivity index (χ4v) is 4.70. The van der Waals surface area contributed by atoms with E-state index in [1.54, 1.807) is 18.2 Å². The summed E-state index contributed by atoms with van der Waals surface area (Å²) in [6, 6.07) is 11.0. The molecule has 4 rings (SSSR count). The third-order valence-corrected chi connectivity index (χ3v) is 6.64. The second-order valence-electron chi connectivity index (χ2n) is 8.85. The quantitative estimate of drug-likeness (QED) is 0.530. The number of rotatable bonds is 5. The van der Waals surface area contributed by atoms with Gasteiger partial charge in [0, 0.05) is 17.1 Å². The van der Waals surface area contributed by atoms with Gasteiger partial charge in [-0.2, -0.15) is 0 Å². The van der Waals surface area contributed by atoms with Gasteiger partial charge in [0.15, 0.2) is 11.7 Å². The van der Waals surface area contributed by atoms with E-state index in [1.165, 1.54) is 12.7 Å². The smallest absolute Gasteiger partial charge is 0.257 e. The van der Waals surface area contributed by atoms with Crippen LogP contribution in [-0.4, -0.2) is 29.8 Å². The SMILES string of the molecule is CO[C@@H]1C(=O)Nc2ccc3c(c2[C@@]1(O)c1ccc(Br)cc1)O[C@](C)(CCC=C(C)C)C=C3. The lowest BCUT2D eigenvalue weighted by atomic mass is 9.76. The van der Waals surface area contributed by atoms with Gasteiger partial charge in [-0.05, 0) is 69.5 Å². The highest BCUT2D eigenvalue weighted by Gasteiger charge is 2.52. The summed E-state index contributed by atoms with van der Waals surface area (Å²) in [6.07, 6.45) is 6.82. The number of aliphatic hydroxyl groups is 1. The molecule has 0 radical (unpaired) electrons. The van der Waals surface area contributed by atoms with Crippen molar-refractivity contribution < 1.29 is 19.4 Å². The van der Waals surface area contributed by atoms with Crippen LogP contribution in [0.4, 0.5) is 5.69 Å². The van der Waals surface area contributed by atoms with E-state index < -0.39 is 23.2 Å². The summed E-state index contributed by atoms with van der Waals surface area (Å²) in [6.45, 7) is 6.20. The molecule has 1 amide bonds. The van der Waals surface area contributed by atoms with Crippen LogP contribution in [0.1, 0.15) is 50.3 Å². The Morgan fingerprint density at radius 3 is 2.62 bits per heavy atom. The molecule has 6 heteroatoms. The van der Waals surface area contributed by atoms with E-state index in [9.17, 15) is 9.90 Å². The number of carbonyl (C=O) groups is 1. The Kier molecular flexibility index (Phi) is 6.05. The lowest BCUT2D eigenvalue weighted by molar-refractivity contribution is -0.142. The van der Waals surface area contributed by atoms with Crippen LogP contribution < -0.4 is 10.1 Å². The van der Waals surface area contributed by atoms with Gasteiger partial charge in [0.25, 0.3) is 5.91 Å². The minimum atomic E-state index is -1.72. The summed E-state index contributed by atoms with van der Waals surface area (Å²) in [4.78, 5) is 12.9. The minimum absolute atomic E-state index is 0.400. The predicted octanol–water partition coefficient (Wildman–Crippen LogP) is 5.56. The number of hydrogen-bond acceptors (Lipinski definition) is 4. The maximum atomic E-state index is 12.9. The van der Waals surface area contributed by atoms with E-state index in [0.717, 1.165) is 22.9 Å². The average Bonchev–Trinajstić information content (AvgIpc) is 2.73. The van der Waals surface area contributed by atoms with Gasteiger partial charge in [0.1, 0.15) is 11.4 Å². The lowest BCUT2D eigenvalue weighted by Gasteiger charge is -2.43. The van der Waals surface area contributed by atoms with Gasteiger partial charge in [0.2, 0.25) is 0 Å². The number of carbonyl (C=O) groups excluding carboxylic acids is 1. The number of halogens is 1. The van der Waals surface area contributed by atoms with Crippen LogP contribution in [0.2, 0.25) is 0 Å². The van der Waals surface area contributed by atoms with Crippen molar-refractivity contribution >= 4 is 33.6 Å². The standard InChI is InChI=1S/C26H28BrNO4/c1-16(2)6-5-14-25(3)15-13-17-7-12-20-21(22(17)32-25)26(30,23(31-4)24(29)28-20)18-8-10-19(27)11-9-18/h6-13,15,23,30H,5,14H2,1-4H3,(H,28,29)/t23-,25-,26+/m1/s1. The molecule has 3 atom stereocenters. The number of ether oxygens (including phenoxy) is 2. The fraction of sp³-hybridized carbons (Fsp3) is 0.346. The van der Waals surface area contributed by atoms with E-state index in [1.807, 2.05) is 31.2 Å². The van der Waals surface area contributed by atoms with Gasteiger partial charge >= 0.3 is 0 Å². The van der Waals surface area contributed by atoms with Crippen LogP contribution in [0, 0.1) is 0 Å². The van der Waals surface area contributed by atoms with Crippen molar-refractivity contribution in [2.75, 3.05) is 12.4 Å². The molecule has 5 nitrogen and oxygen atoms in total. The molecule has 2 aliphatic heterocycles. The van der Waals surface area contributed by atoms with Crippen LogP contribution in [0.3, 0.4) is 0 Å². The highest BCUT2D eigenvalue weighted by Crippen LogP contribution is 2.50. The molecule has 2 aliphatic rings. The zero-order valence-electron chi connectivity index (χ0n) is 18.7. The van der Waals surface area contributed by atoms with Crippen LogP contribution in [0.15, 0.2) is 58.6 Å². The third kappa shape index (κ3) is 3.91. The van der Waals surface area contributed by atoms with Crippen LogP contribution in [0.25, 0.3) is 6.08 Å². The molecule has 0 unspecified atom stereocenters. The molecule has 2 N–H and O–H groups in total. The highest BCUT2D eigenvalue weighted by atomic mass is 79.9. The van der Waals surface area contributed by atoms with Crippen molar-refractivity contribution in [1.29, 1.82) is 0 Å². The zero-order valence-corrected chi connectivity index (χ0v) is 20.3.